The molecule has 0 aromatic heterocycles. The number of carbonyl (C=O) groups is 1. The van der Waals surface area contributed by atoms with Crippen LogP contribution < -0.4 is 0 Å². The molecule has 0 spiro atoms. The number of carboxylic acid groups (broad SMARTS) is 1. The third-order valence-electron chi connectivity index (χ3n) is 3.90. The lowest BCUT2D eigenvalue weighted by atomic mass is 10.0. The van der Waals surface area contributed by atoms with Gasteiger partial charge in [-0.1, -0.05) is 18.2 Å². The summed E-state index contributed by atoms with van der Waals surface area (Å²) in [5.41, 5.74) is 1.40. The van der Waals surface area contributed by atoms with Gasteiger partial charge < -0.3 is 5.11 Å². The zero-order valence-electron chi connectivity index (χ0n) is 10.2. The van der Waals surface area contributed by atoms with E-state index in [-0.39, 0.29) is 6.04 Å². The van der Waals surface area contributed by atoms with E-state index in [9.17, 15) is 9.90 Å². The van der Waals surface area contributed by atoms with Crippen LogP contribution in [0, 0.1) is 0 Å². The number of carboxylic acids is 1. The summed E-state index contributed by atoms with van der Waals surface area (Å²) in [4.78, 5) is 14.7. The highest BCUT2D eigenvalue weighted by molar-refractivity contribution is 7.99. The molecule has 2 heterocycles. The summed E-state index contributed by atoms with van der Waals surface area (Å²) in [5, 5.41) is 9.21. The van der Waals surface area contributed by atoms with Gasteiger partial charge in [0.25, 0.3) is 0 Å². The van der Waals surface area contributed by atoms with E-state index in [1.807, 2.05) is 11.8 Å². The van der Waals surface area contributed by atoms with E-state index >= 15 is 0 Å². The molecule has 0 radical (unpaired) electrons. The molecular weight excluding hydrogens is 246 g/mol. The number of benzene rings is 1. The number of hydrogen-bond acceptors (Lipinski definition) is 3. The number of aliphatic carboxylic acids is 1. The quantitative estimate of drug-likeness (QED) is 0.909. The molecule has 18 heavy (non-hydrogen) atoms. The Morgan fingerprint density at radius 1 is 1.44 bits per heavy atom. The molecule has 0 aliphatic carbocycles. The molecule has 0 amide bonds. The first-order chi connectivity index (χ1) is 8.75. The summed E-state index contributed by atoms with van der Waals surface area (Å²) in [7, 11) is 0. The van der Waals surface area contributed by atoms with Crippen molar-refractivity contribution in [3.05, 3.63) is 29.8 Å². The van der Waals surface area contributed by atoms with Crippen LogP contribution in [0.2, 0.25) is 0 Å². The maximum Gasteiger partial charge on any atom is 0.320 e. The van der Waals surface area contributed by atoms with Gasteiger partial charge in [-0.15, -0.1) is 11.8 Å². The average Bonchev–Trinajstić information content (AvgIpc) is 2.97. The molecule has 3 rings (SSSR count). The monoisotopic (exact) mass is 263 g/mol. The average molecular weight is 263 g/mol. The molecule has 1 saturated heterocycles. The van der Waals surface area contributed by atoms with Crippen LogP contribution in [-0.4, -0.2) is 40.9 Å². The maximum absolute atomic E-state index is 11.2. The molecule has 0 saturated carbocycles. The highest BCUT2D eigenvalue weighted by Crippen LogP contribution is 2.40. The second-order valence-corrected chi connectivity index (χ2v) is 6.10. The molecule has 1 N–H and O–H groups in total. The second kappa shape index (κ2) is 4.94. The van der Waals surface area contributed by atoms with Gasteiger partial charge in [0.05, 0.1) is 0 Å². The topological polar surface area (TPSA) is 40.5 Å². The molecule has 2 atom stereocenters. The standard InChI is InChI=1S/C14H17NO2S/c16-14(17)12-5-3-7-15(12)8-10-9-18-13-6-2-1-4-11(10)13/h1-2,4,6,10,12H,3,5,7-9H2,(H,16,17). The predicted molar refractivity (Wildman–Crippen MR) is 72.1 cm³/mol. The Balaban J connectivity index is 1.73. The normalized spacial score (nSPS) is 27.3. The zero-order chi connectivity index (χ0) is 12.5. The lowest BCUT2D eigenvalue weighted by molar-refractivity contribution is -0.142. The van der Waals surface area contributed by atoms with Gasteiger partial charge in [-0.2, -0.15) is 0 Å². The molecule has 2 unspecified atom stereocenters. The highest BCUT2D eigenvalue weighted by Gasteiger charge is 2.33. The van der Waals surface area contributed by atoms with Crippen molar-refractivity contribution in [3.63, 3.8) is 0 Å². The van der Waals surface area contributed by atoms with Gasteiger partial charge in [0, 0.05) is 23.1 Å². The number of hydrogen-bond donors (Lipinski definition) is 1. The van der Waals surface area contributed by atoms with Crippen LogP contribution in [0.4, 0.5) is 0 Å². The van der Waals surface area contributed by atoms with Crippen LogP contribution in [0.15, 0.2) is 29.2 Å². The SMILES string of the molecule is O=C(O)C1CCCN1CC1CSc2ccccc21. The van der Waals surface area contributed by atoms with Crippen molar-refractivity contribution >= 4 is 17.7 Å². The van der Waals surface area contributed by atoms with E-state index in [0.29, 0.717) is 5.92 Å². The molecule has 1 fully saturated rings. The summed E-state index contributed by atoms with van der Waals surface area (Å²) in [6, 6.07) is 8.24. The van der Waals surface area contributed by atoms with Gasteiger partial charge in [-0.3, -0.25) is 9.69 Å². The third-order valence-corrected chi connectivity index (χ3v) is 5.15. The Kier molecular flexibility index (Phi) is 3.31. The van der Waals surface area contributed by atoms with Crippen LogP contribution in [0.1, 0.15) is 24.3 Å². The van der Waals surface area contributed by atoms with Gasteiger partial charge in [0.1, 0.15) is 6.04 Å². The maximum atomic E-state index is 11.2. The number of thioether (sulfide) groups is 1. The van der Waals surface area contributed by atoms with E-state index in [4.69, 9.17) is 0 Å². The summed E-state index contributed by atoms with van der Waals surface area (Å²) in [6.07, 6.45) is 1.81. The molecule has 0 bridgehead atoms. The fourth-order valence-electron chi connectivity index (χ4n) is 2.99. The van der Waals surface area contributed by atoms with E-state index in [0.717, 1.165) is 31.7 Å². The van der Waals surface area contributed by atoms with Crippen molar-refractivity contribution in [2.75, 3.05) is 18.8 Å². The largest absolute Gasteiger partial charge is 0.480 e. The Labute approximate surface area is 111 Å². The number of fused-ring (bicyclic) bond motifs is 1. The fraction of sp³-hybridized carbons (Fsp3) is 0.500. The first-order valence-corrected chi connectivity index (χ1v) is 7.43. The minimum absolute atomic E-state index is 0.261. The summed E-state index contributed by atoms with van der Waals surface area (Å²) < 4.78 is 0. The second-order valence-electron chi connectivity index (χ2n) is 5.04. The summed E-state index contributed by atoms with van der Waals surface area (Å²) >= 11 is 1.89. The minimum Gasteiger partial charge on any atom is -0.480 e. The predicted octanol–water partition coefficient (Wildman–Crippen LogP) is 2.42. The first kappa shape index (κ1) is 12.1. The van der Waals surface area contributed by atoms with E-state index in [1.54, 1.807) is 0 Å². The third kappa shape index (κ3) is 2.15. The number of nitrogens with zero attached hydrogens (tertiary/aromatic N) is 1. The van der Waals surface area contributed by atoms with Crippen LogP contribution in [0.25, 0.3) is 0 Å². The molecule has 2 aliphatic rings. The lowest BCUT2D eigenvalue weighted by Gasteiger charge is -2.24. The highest BCUT2D eigenvalue weighted by atomic mass is 32.2. The Bertz CT molecular complexity index is 463. The number of likely N-dealkylation sites (tertiary alicyclic amines) is 1. The van der Waals surface area contributed by atoms with E-state index < -0.39 is 5.97 Å². The van der Waals surface area contributed by atoms with Crippen molar-refractivity contribution in [1.29, 1.82) is 0 Å². The smallest absolute Gasteiger partial charge is 0.320 e. The van der Waals surface area contributed by atoms with Gasteiger partial charge in [-0.05, 0) is 31.0 Å². The summed E-state index contributed by atoms with van der Waals surface area (Å²) in [5.74, 6) is 0.917. The molecule has 96 valence electrons. The Hall–Kier alpha value is -1.00. The van der Waals surface area contributed by atoms with Crippen molar-refractivity contribution in [2.45, 2.75) is 29.7 Å². The fourth-order valence-corrected chi connectivity index (χ4v) is 4.23. The Morgan fingerprint density at radius 2 is 2.28 bits per heavy atom. The van der Waals surface area contributed by atoms with Gasteiger partial charge in [0.15, 0.2) is 0 Å². The van der Waals surface area contributed by atoms with Gasteiger partial charge >= 0.3 is 5.97 Å². The van der Waals surface area contributed by atoms with Gasteiger partial charge in [-0.25, -0.2) is 0 Å². The van der Waals surface area contributed by atoms with Crippen molar-refractivity contribution < 1.29 is 9.90 Å². The van der Waals surface area contributed by atoms with Crippen molar-refractivity contribution in [1.82, 2.24) is 4.90 Å². The summed E-state index contributed by atoms with van der Waals surface area (Å²) in [6.45, 7) is 1.82. The number of rotatable bonds is 3. The zero-order valence-corrected chi connectivity index (χ0v) is 11.0. The van der Waals surface area contributed by atoms with Crippen LogP contribution in [0.3, 0.4) is 0 Å². The van der Waals surface area contributed by atoms with E-state index in [1.165, 1.54) is 10.5 Å². The van der Waals surface area contributed by atoms with Crippen LogP contribution in [0.5, 0.6) is 0 Å². The van der Waals surface area contributed by atoms with Crippen molar-refractivity contribution in [2.24, 2.45) is 0 Å². The van der Waals surface area contributed by atoms with Crippen LogP contribution >= 0.6 is 11.8 Å². The minimum atomic E-state index is -0.661. The van der Waals surface area contributed by atoms with Crippen LogP contribution in [-0.2, 0) is 4.79 Å². The van der Waals surface area contributed by atoms with E-state index in [2.05, 4.69) is 29.2 Å². The molecule has 1 aromatic carbocycles. The molecule has 1 aromatic rings. The Morgan fingerprint density at radius 3 is 3.11 bits per heavy atom. The molecule has 3 nitrogen and oxygen atoms in total. The van der Waals surface area contributed by atoms with Crippen molar-refractivity contribution in [3.8, 4) is 0 Å². The molecule has 2 aliphatic heterocycles. The lowest BCUT2D eigenvalue weighted by Crippen LogP contribution is -2.38. The molecule has 4 heteroatoms. The van der Waals surface area contributed by atoms with Gasteiger partial charge in [0.2, 0.25) is 0 Å². The molecular formula is C14H17NO2S. The first-order valence-electron chi connectivity index (χ1n) is 6.44.